The molecule has 1 N–H and O–H groups in total. The monoisotopic (exact) mass is 342 g/mol. The van der Waals surface area contributed by atoms with Gasteiger partial charge in [0.15, 0.2) is 0 Å². The smallest absolute Gasteiger partial charge is 0.281 e. The second-order valence-electron chi connectivity index (χ2n) is 4.06. The highest BCUT2D eigenvalue weighted by atomic mass is 32.3. The highest BCUT2D eigenvalue weighted by molar-refractivity contribution is 7.88. The summed E-state index contributed by atoms with van der Waals surface area (Å²) in [6, 6.07) is 5.66. The molecule has 0 radical (unpaired) electrons. The van der Waals surface area contributed by atoms with Gasteiger partial charge in [-0.2, -0.15) is 8.42 Å². The zero-order valence-corrected chi connectivity index (χ0v) is 12.5. The summed E-state index contributed by atoms with van der Waals surface area (Å²) in [4.78, 5) is 14.6. The lowest BCUT2D eigenvalue weighted by atomic mass is 10.3. The molecule has 0 unspecified atom stereocenters. The zero-order chi connectivity index (χ0) is 15.2. The first kappa shape index (κ1) is 14.1. The van der Waals surface area contributed by atoms with Gasteiger partial charge in [-0.3, -0.25) is 14.7 Å². The minimum Gasteiger partial charge on any atom is -0.281 e. The quantitative estimate of drug-likeness (QED) is 0.444. The zero-order valence-electron chi connectivity index (χ0n) is 10.1. The van der Waals surface area contributed by atoms with E-state index in [1.165, 1.54) is 29.5 Å². The van der Waals surface area contributed by atoms with Crippen molar-refractivity contribution in [3.05, 3.63) is 39.8 Å². The molecule has 7 nitrogen and oxygen atoms in total. The molecule has 0 aliphatic heterocycles. The lowest BCUT2D eigenvalue weighted by molar-refractivity contribution is -0.384. The third-order valence-corrected chi connectivity index (χ3v) is 6.00. The molecule has 3 aromatic rings. The number of hydrogen-bond acceptors (Lipinski definition) is 7. The summed E-state index contributed by atoms with van der Waals surface area (Å²) in [7, 11) is -4.23. The van der Waals surface area contributed by atoms with Crippen molar-refractivity contribution >= 4 is 48.7 Å². The Labute approximate surface area is 126 Å². The molecule has 0 saturated carbocycles. The molecular weight excluding hydrogens is 336 g/mol. The molecule has 21 heavy (non-hydrogen) atoms. The Balaban J connectivity index is 2.09. The number of nitro benzene ring substituents is 1. The number of hydrogen-bond donors (Lipinski definition) is 1. The minimum absolute atomic E-state index is 0.0263. The van der Waals surface area contributed by atoms with Crippen LogP contribution in [0.5, 0.6) is 0 Å². The van der Waals surface area contributed by atoms with Gasteiger partial charge in [0.05, 0.1) is 15.1 Å². The van der Waals surface area contributed by atoms with Gasteiger partial charge in [0.1, 0.15) is 9.22 Å². The van der Waals surface area contributed by atoms with Crippen LogP contribution in [0.1, 0.15) is 0 Å². The Morgan fingerprint density at radius 3 is 2.67 bits per heavy atom. The maximum absolute atomic E-state index is 11.0. The van der Waals surface area contributed by atoms with E-state index in [4.69, 9.17) is 4.55 Å². The molecule has 0 aliphatic rings. The Hall–Kier alpha value is -1.88. The molecule has 108 valence electrons. The number of thiazole rings is 1. The van der Waals surface area contributed by atoms with Crippen molar-refractivity contribution in [1.29, 1.82) is 0 Å². The maximum Gasteiger partial charge on any atom is 0.304 e. The van der Waals surface area contributed by atoms with E-state index in [0.29, 0.717) is 20.8 Å². The van der Waals surface area contributed by atoms with E-state index in [0.717, 1.165) is 11.3 Å². The first-order valence-corrected chi connectivity index (χ1v) is 8.59. The standard InChI is InChI=1S/C11H6N2O5S3/c14-13(15)7-1-2-8-9(4-7)20-11(12-8)6-3-10(19-5-6)21(16,17)18/h1-5H,(H,16,17,18). The Morgan fingerprint density at radius 2 is 2.05 bits per heavy atom. The van der Waals surface area contributed by atoms with Gasteiger partial charge in [0.25, 0.3) is 5.69 Å². The summed E-state index contributed by atoms with van der Waals surface area (Å²) in [6.07, 6.45) is 0. The average molecular weight is 342 g/mol. The third-order valence-electron chi connectivity index (χ3n) is 2.66. The van der Waals surface area contributed by atoms with Crippen LogP contribution in [0.3, 0.4) is 0 Å². The Kier molecular flexibility index (Phi) is 3.24. The molecule has 1 aromatic carbocycles. The molecule has 0 amide bonds. The predicted molar refractivity (Wildman–Crippen MR) is 79.4 cm³/mol. The molecule has 0 spiro atoms. The van der Waals surface area contributed by atoms with Gasteiger partial charge in [0, 0.05) is 23.1 Å². The summed E-state index contributed by atoms with van der Waals surface area (Å²) < 4.78 is 31.5. The van der Waals surface area contributed by atoms with Crippen LogP contribution in [0.2, 0.25) is 0 Å². The van der Waals surface area contributed by atoms with E-state index in [1.54, 1.807) is 11.4 Å². The fraction of sp³-hybridized carbons (Fsp3) is 0. The fourth-order valence-corrected chi connectivity index (χ4v) is 4.30. The predicted octanol–water partition coefficient (Wildman–Crippen LogP) is 3.18. The van der Waals surface area contributed by atoms with Crippen molar-refractivity contribution in [2.45, 2.75) is 4.21 Å². The molecule has 3 rings (SSSR count). The molecule has 0 saturated heterocycles. The molecule has 0 bridgehead atoms. The number of rotatable bonds is 3. The van der Waals surface area contributed by atoms with Gasteiger partial charge in [-0.25, -0.2) is 4.98 Å². The summed E-state index contributed by atoms with van der Waals surface area (Å²) in [6.45, 7) is 0. The summed E-state index contributed by atoms with van der Waals surface area (Å²) >= 11 is 2.11. The van der Waals surface area contributed by atoms with Crippen LogP contribution < -0.4 is 0 Å². The Bertz CT molecular complexity index is 957. The van der Waals surface area contributed by atoms with Crippen molar-refractivity contribution in [2.24, 2.45) is 0 Å². The van der Waals surface area contributed by atoms with Crippen LogP contribution >= 0.6 is 22.7 Å². The highest BCUT2D eigenvalue weighted by Gasteiger charge is 2.16. The molecule has 0 fully saturated rings. The second kappa shape index (κ2) is 4.84. The van der Waals surface area contributed by atoms with E-state index in [-0.39, 0.29) is 9.90 Å². The van der Waals surface area contributed by atoms with E-state index >= 15 is 0 Å². The van der Waals surface area contributed by atoms with Crippen molar-refractivity contribution in [1.82, 2.24) is 4.98 Å². The van der Waals surface area contributed by atoms with Crippen molar-refractivity contribution in [2.75, 3.05) is 0 Å². The number of non-ortho nitro benzene ring substituents is 1. The number of nitrogens with zero attached hydrogens (tertiary/aromatic N) is 2. The molecule has 10 heteroatoms. The van der Waals surface area contributed by atoms with Crippen molar-refractivity contribution < 1.29 is 17.9 Å². The number of benzene rings is 1. The number of nitro groups is 1. The van der Waals surface area contributed by atoms with Gasteiger partial charge in [-0.1, -0.05) is 0 Å². The van der Waals surface area contributed by atoms with Crippen molar-refractivity contribution in [3.63, 3.8) is 0 Å². The fourth-order valence-electron chi connectivity index (χ4n) is 1.71. The van der Waals surface area contributed by atoms with Gasteiger partial charge in [-0.15, -0.1) is 22.7 Å². The molecule has 2 aromatic heterocycles. The van der Waals surface area contributed by atoms with Crippen molar-refractivity contribution in [3.8, 4) is 10.6 Å². The van der Waals surface area contributed by atoms with E-state index in [2.05, 4.69) is 4.98 Å². The van der Waals surface area contributed by atoms with Crippen LogP contribution in [0, 0.1) is 10.1 Å². The second-order valence-corrected chi connectivity index (χ2v) is 7.65. The summed E-state index contributed by atoms with van der Waals surface area (Å²) in [5.41, 5.74) is 1.12. The van der Waals surface area contributed by atoms with Gasteiger partial charge in [-0.05, 0) is 12.1 Å². The van der Waals surface area contributed by atoms with Gasteiger partial charge >= 0.3 is 10.1 Å². The highest BCUT2D eigenvalue weighted by Crippen LogP contribution is 2.35. The topological polar surface area (TPSA) is 110 Å². The largest absolute Gasteiger partial charge is 0.304 e. The summed E-state index contributed by atoms with van der Waals surface area (Å²) in [5.74, 6) is 0. The minimum atomic E-state index is -4.23. The first-order chi connectivity index (χ1) is 9.84. The Morgan fingerprint density at radius 1 is 1.29 bits per heavy atom. The third kappa shape index (κ3) is 2.65. The van der Waals surface area contributed by atoms with Crippen LogP contribution in [-0.2, 0) is 10.1 Å². The van der Waals surface area contributed by atoms with E-state index in [9.17, 15) is 18.5 Å². The van der Waals surface area contributed by atoms with Crippen LogP contribution in [0.25, 0.3) is 20.8 Å². The van der Waals surface area contributed by atoms with E-state index < -0.39 is 15.0 Å². The molecule has 0 aliphatic carbocycles. The van der Waals surface area contributed by atoms with Gasteiger partial charge in [0.2, 0.25) is 0 Å². The maximum atomic E-state index is 11.0. The van der Waals surface area contributed by atoms with Crippen LogP contribution in [0.4, 0.5) is 5.69 Å². The lowest BCUT2D eigenvalue weighted by Crippen LogP contribution is -1.93. The number of fused-ring (bicyclic) bond motifs is 1. The molecular formula is C11H6N2O5S3. The summed E-state index contributed by atoms with van der Waals surface area (Å²) in [5, 5.41) is 12.8. The van der Waals surface area contributed by atoms with E-state index in [1.807, 2.05) is 0 Å². The lowest BCUT2D eigenvalue weighted by Gasteiger charge is -1.88. The van der Waals surface area contributed by atoms with Crippen LogP contribution in [-0.4, -0.2) is 22.9 Å². The van der Waals surface area contributed by atoms with Gasteiger partial charge < -0.3 is 0 Å². The average Bonchev–Trinajstić information content (AvgIpc) is 3.03. The number of aromatic nitrogens is 1. The molecule has 2 heterocycles. The normalized spacial score (nSPS) is 11.9. The first-order valence-electron chi connectivity index (χ1n) is 5.46. The molecule has 0 atom stereocenters. The SMILES string of the molecule is O=[N+]([O-])c1ccc2nc(-c3csc(S(=O)(=O)O)c3)sc2c1. The number of thiophene rings is 1. The van der Waals surface area contributed by atoms with Crippen LogP contribution in [0.15, 0.2) is 33.9 Å².